The van der Waals surface area contributed by atoms with Crippen LogP contribution in [0.4, 0.5) is 0 Å². The lowest BCUT2D eigenvalue weighted by Crippen LogP contribution is -2.37. The Morgan fingerprint density at radius 3 is 2.73 bits per heavy atom. The van der Waals surface area contributed by atoms with Crippen LogP contribution < -0.4 is 5.32 Å². The van der Waals surface area contributed by atoms with Crippen LogP contribution in [-0.4, -0.2) is 53.4 Å². The van der Waals surface area contributed by atoms with Gasteiger partial charge in [0.15, 0.2) is 5.69 Å². The number of aliphatic hydroxyl groups is 1. The van der Waals surface area contributed by atoms with Crippen molar-refractivity contribution in [2.24, 2.45) is 0 Å². The second-order valence-electron chi connectivity index (χ2n) is 7.01. The Kier molecular flexibility index (Phi) is 5.58. The average molecular weight is 309 g/mol. The number of aromatic nitrogens is 1. The molecule has 1 aromatic rings. The van der Waals surface area contributed by atoms with Gasteiger partial charge in [0.25, 0.3) is 5.91 Å². The Hall–Kier alpha value is -1.40. The summed E-state index contributed by atoms with van der Waals surface area (Å²) in [6.45, 7) is 9.50. The van der Waals surface area contributed by atoms with E-state index in [9.17, 15) is 9.90 Å². The highest BCUT2D eigenvalue weighted by Crippen LogP contribution is 2.22. The number of likely N-dealkylation sites (tertiary alicyclic amines) is 1. The molecule has 1 aliphatic heterocycles. The smallest absolute Gasteiger partial charge is 0.273 e. The molecule has 1 aromatic heterocycles. The Bertz CT molecular complexity index is 485. The number of amides is 1. The summed E-state index contributed by atoms with van der Waals surface area (Å²) in [4.78, 5) is 14.3. The maximum absolute atomic E-state index is 12.0. The first-order valence-electron chi connectivity index (χ1n) is 8.02. The molecule has 124 valence electrons. The third-order valence-corrected chi connectivity index (χ3v) is 3.98. The van der Waals surface area contributed by atoms with Gasteiger partial charge < -0.3 is 19.8 Å². The molecule has 0 saturated carbocycles. The van der Waals surface area contributed by atoms with E-state index in [0.29, 0.717) is 18.0 Å². The molecule has 0 spiro atoms. The largest absolute Gasteiger partial charge is 0.393 e. The second kappa shape index (κ2) is 7.24. The van der Waals surface area contributed by atoms with Crippen LogP contribution in [0.2, 0.25) is 0 Å². The fourth-order valence-electron chi connectivity index (χ4n) is 2.47. The Labute approximate surface area is 131 Å². The Morgan fingerprint density at radius 1 is 1.45 bits per heavy atom. The van der Waals surface area contributed by atoms with Crippen LogP contribution in [0.5, 0.6) is 0 Å². The summed E-state index contributed by atoms with van der Waals surface area (Å²) in [5, 5.41) is 16.2. The summed E-state index contributed by atoms with van der Waals surface area (Å²) in [5.41, 5.74) is 0.190. The number of carbonyl (C=O) groups excluding carboxylic acids is 1. The lowest BCUT2D eigenvalue weighted by atomic mass is 9.93. The molecule has 0 unspecified atom stereocenters. The van der Waals surface area contributed by atoms with Gasteiger partial charge in [-0.2, -0.15) is 0 Å². The molecule has 22 heavy (non-hydrogen) atoms. The van der Waals surface area contributed by atoms with Crippen molar-refractivity contribution in [1.29, 1.82) is 0 Å². The highest BCUT2D eigenvalue weighted by atomic mass is 16.5. The van der Waals surface area contributed by atoms with E-state index < -0.39 is 0 Å². The van der Waals surface area contributed by atoms with Crippen LogP contribution in [0, 0.1) is 0 Å². The third kappa shape index (κ3) is 4.81. The van der Waals surface area contributed by atoms with E-state index in [4.69, 9.17) is 4.52 Å². The van der Waals surface area contributed by atoms with Crippen LogP contribution in [-0.2, 0) is 5.41 Å². The Morgan fingerprint density at radius 2 is 2.14 bits per heavy atom. The molecule has 1 amide bonds. The van der Waals surface area contributed by atoms with Crippen LogP contribution in [0.25, 0.3) is 0 Å². The van der Waals surface area contributed by atoms with E-state index >= 15 is 0 Å². The topological polar surface area (TPSA) is 78.6 Å². The first kappa shape index (κ1) is 17.0. The molecule has 0 aromatic carbocycles. The van der Waals surface area contributed by atoms with Crippen molar-refractivity contribution in [2.45, 2.75) is 51.6 Å². The zero-order valence-corrected chi connectivity index (χ0v) is 13.8. The summed E-state index contributed by atoms with van der Waals surface area (Å²) >= 11 is 0. The van der Waals surface area contributed by atoms with E-state index in [1.54, 1.807) is 6.07 Å². The molecule has 2 N–H and O–H groups in total. The number of hydrogen-bond donors (Lipinski definition) is 2. The van der Waals surface area contributed by atoms with Crippen molar-refractivity contribution in [1.82, 2.24) is 15.4 Å². The predicted molar refractivity (Wildman–Crippen MR) is 83.8 cm³/mol. The van der Waals surface area contributed by atoms with Crippen molar-refractivity contribution < 1.29 is 14.4 Å². The predicted octanol–water partition coefficient (Wildman–Crippen LogP) is 1.55. The van der Waals surface area contributed by atoms with Gasteiger partial charge >= 0.3 is 0 Å². The molecule has 0 atom stereocenters. The van der Waals surface area contributed by atoms with Gasteiger partial charge in [0.05, 0.1) is 6.10 Å². The highest BCUT2D eigenvalue weighted by Gasteiger charge is 2.22. The van der Waals surface area contributed by atoms with Gasteiger partial charge in [-0.3, -0.25) is 4.79 Å². The maximum Gasteiger partial charge on any atom is 0.273 e. The third-order valence-electron chi connectivity index (χ3n) is 3.98. The lowest BCUT2D eigenvalue weighted by molar-refractivity contribution is 0.0816. The molecule has 0 radical (unpaired) electrons. The van der Waals surface area contributed by atoms with Crippen molar-refractivity contribution in [3.63, 3.8) is 0 Å². The summed E-state index contributed by atoms with van der Waals surface area (Å²) in [5.74, 6) is 0.526. The number of nitrogens with one attached hydrogen (secondary N) is 1. The molecule has 2 rings (SSSR count). The zero-order valence-electron chi connectivity index (χ0n) is 13.8. The molecule has 1 saturated heterocycles. The van der Waals surface area contributed by atoms with E-state index in [0.717, 1.165) is 38.9 Å². The van der Waals surface area contributed by atoms with Gasteiger partial charge in [0, 0.05) is 31.1 Å². The first-order valence-corrected chi connectivity index (χ1v) is 8.02. The van der Waals surface area contributed by atoms with E-state index in [1.165, 1.54) is 0 Å². The average Bonchev–Trinajstić information content (AvgIpc) is 2.95. The molecular formula is C16H27N3O3. The minimum atomic E-state index is -0.187. The van der Waals surface area contributed by atoms with Crippen LogP contribution >= 0.6 is 0 Å². The number of aliphatic hydroxyl groups excluding tert-OH is 1. The van der Waals surface area contributed by atoms with Crippen LogP contribution in [0.3, 0.4) is 0 Å². The molecule has 2 heterocycles. The molecule has 6 heteroatoms. The van der Waals surface area contributed by atoms with Crippen molar-refractivity contribution in [3.8, 4) is 0 Å². The van der Waals surface area contributed by atoms with Crippen molar-refractivity contribution in [3.05, 3.63) is 17.5 Å². The second-order valence-corrected chi connectivity index (χ2v) is 7.01. The number of rotatable bonds is 5. The SMILES string of the molecule is CC(C)(C)c1cc(C(=O)NCCCN2CCC(O)CC2)no1. The van der Waals surface area contributed by atoms with E-state index in [2.05, 4.69) is 15.4 Å². The standard InChI is InChI=1S/C16H27N3O3/c1-16(2,3)14-11-13(18-22-14)15(21)17-7-4-8-19-9-5-12(20)6-10-19/h11-12,20H,4-10H2,1-3H3,(H,17,21). The van der Waals surface area contributed by atoms with Crippen molar-refractivity contribution in [2.75, 3.05) is 26.2 Å². The highest BCUT2D eigenvalue weighted by molar-refractivity contribution is 5.92. The summed E-state index contributed by atoms with van der Waals surface area (Å²) in [7, 11) is 0. The van der Waals surface area contributed by atoms with Crippen LogP contribution in [0.1, 0.15) is 56.3 Å². The summed E-state index contributed by atoms with van der Waals surface area (Å²) in [6, 6.07) is 1.71. The fourth-order valence-corrected chi connectivity index (χ4v) is 2.47. The van der Waals surface area contributed by atoms with E-state index in [1.807, 2.05) is 20.8 Å². The number of piperidine rings is 1. The van der Waals surface area contributed by atoms with Crippen LogP contribution in [0.15, 0.2) is 10.6 Å². The van der Waals surface area contributed by atoms with Gasteiger partial charge in [-0.15, -0.1) is 0 Å². The molecular weight excluding hydrogens is 282 g/mol. The monoisotopic (exact) mass is 309 g/mol. The number of hydrogen-bond acceptors (Lipinski definition) is 5. The minimum Gasteiger partial charge on any atom is -0.393 e. The molecule has 0 bridgehead atoms. The summed E-state index contributed by atoms with van der Waals surface area (Å²) < 4.78 is 5.22. The number of carbonyl (C=O) groups is 1. The number of nitrogens with zero attached hydrogens (tertiary/aromatic N) is 2. The minimum absolute atomic E-state index is 0.139. The van der Waals surface area contributed by atoms with Gasteiger partial charge in [-0.1, -0.05) is 25.9 Å². The van der Waals surface area contributed by atoms with Gasteiger partial charge in [-0.25, -0.2) is 0 Å². The van der Waals surface area contributed by atoms with Gasteiger partial charge in [0.1, 0.15) is 5.76 Å². The fraction of sp³-hybridized carbons (Fsp3) is 0.750. The van der Waals surface area contributed by atoms with Gasteiger partial charge in [0.2, 0.25) is 0 Å². The van der Waals surface area contributed by atoms with Crippen molar-refractivity contribution >= 4 is 5.91 Å². The first-order chi connectivity index (χ1) is 10.4. The maximum atomic E-state index is 12.0. The van der Waals surface area contributed by atoms with E-state index in [-0.39, 0.29) is 17.4 Å². The molecule has 1 aliphatic rings. The lowest BCUT2D eigenvalue weighted by Gasteiger charge is -2.29. The zero-order chi connectivity index (χ0) is 16.2. The Balaban J connectivity index is 1.68. The quantitative estimate of drug-likeness (QED) is 0.807. The van der Waals surface area contributed by atoms with Gasteiger partial charge in [-0.05, 0) is 25.8 Å². The normalized spacial score (nSPS) is 17.6. The molecule has 6 nitrogen and oxygen atoms in total. The molecule has 1 fully saturated rings. The molecule has 0 aliphatic carbocycles. The summed E-state index contributed by atoms with van der Waals surface area (Å²) in [6.07, 6.45) is 2.45.